The Morgan fingerprint density at radius 1 is 1.38 bits per heavy atom. The van der Waals surface area contributed by atoms with E-state index in [4.69, 9.17) is 5.73 Å². The second-order valence-corrected chi connectivity index (χ2v) is 8.65. The number of fused-ring (bicyclic) bond motifs is 1. The summed E-state index contributed by atoms with van der Waals surface area (Å²) in [6, 6.07) is 4.61. The molecule has 1 atom stereocenters. The number of urea groups is 1. The number of nitrogens with one attached hydrogen (secondary N) is 1. The lowest BCUT2D eigenvalue weighted by molar-refractivity contribution is 0.218. The third-order valence-corrected chi connectivity index (χ3v) is 6.35. The minimum atomic E-state index is -3.30. The maximum absolute atomic E-state index is 11.9. The zero-order chi connectivity index (χ0) is 16.0. The van der Waals surface area contributed by atoms with Gasteiger partial charge in [0.05, 0.1) is 4.75 Å². The van der Waals surface area contributed by atoms with Gasteiger partial charge in [0, 0.05) is 31.6 Å². The van der Waals surface area contributed by atoms with E-state index in [1.165, 1.54) is 6.26 Å². The van der Waals surface area contributed by atoms with Gasteiger partial charge in [-0.2, -0.15) is 0 Å². The number of sulfone groups is 1. The zero-order valence-electron chi connectivity index (χ0n) is 12.7. The molecule has 2 amide bonds. The summed E-state index contributed by atoms with van der Waals surface area (Å²) in [6.07, 6.45) is 1.19. The Hall–Kier alpha value is -1.60. The average Bonchev–Trinajstić information content (AvgIpc) is 2.37. The minimum Gasteiger partial charge on any atom is -0.323 e. The molecule has 0 aliphatic carbocycles. The molecule has 0 spiro atoms. The van der Waals surface area contributed by atoms with Crippen LogP contribution >= 0.6 is 0 Å². The fourth-order valence-corrected chi connectivity index (χ4v) is 2.83. The van der Waals surface area contributed by atoms with E-state index < -0.39 is 20.6 Å². The molecule has 1 aliphatic rings. The second-order valence-electron chi connectivity index (χ2n) is 6.06. The number of anilines is 1. The molecule has 7 heteroatoms. The van der Waals surface area contributed by atoms with Crippen LogP contribution in [0.4, 0.5) is 10.5 Å². The molecule has 0 aromatic heterocycles. The van der Waals surface area contributed by atoms with Crippen molar-refractivity contribution in [3.63, 3.8) is 0 Å². The summed E-state index contributed by atoms with van der Waals surface area (Å²) in [6.45, 7) is 3.72. The van der Waals surface area contributed by atoms with Gasteiger partial charge in [0.15, 0.2) is 9.84 Å². The van der Waals surface area contributed by atoms with E-state index in [1.54, 1.807) is 37.9 Å². The van der Waals surface area contributed by atoms with Crippen molar-refractivity contribution in [1.82, 2.24) is 4.90 Å². The van der Waals surface area contributed by atoms with E-state index in [2.05, 4.69) is 5.32 Å². The molecule has 0 bridgehead atoms. The smallest absolute Gasteiger partial charge is 0.321 e. The van der Waals surface area contributed by atoms with Gasteiger partial charge in [0.1, 0.15) is 0 Å². The summed E-state index contributed by atoms with van der Waals surface area (Å²) in [7, 11) is -1.60. The van der Waals surface area contributed by atoms with Crippen LogP contribution in [-0.2, 0) is 16.4 Å². The highest BCUT2D eigenvalue weighted by Gasteiger charge is 2.38. The van der Waals surface area contributed by atoms with Gasteiger partial charge in [0.2, 0.25) is 0 Å². The number of hydrogen-bond donors (Lipinski definition) is 2. The van der Waals surface area contributed by atoms with Gasteiger partial charge in [0.25, 0.3) is 0 Å². The lowest BCUT2D eigenvalue weighted by Crippen LogP contribution is -2.42. The Kier molecular flexibility index (Phi) is 3.75. The topological polar surface area (TPSA) is 92.5 Å². The summed E-state index contributed by atoms with van der Waals surface area (Å²) in [5.74, 6) is 0. The highest BCUT2D eigenvalue weighted by molar-refractivity contribution is 7.92. The minimum absolute atomic E-state index is 0.156. The average molecular weight is 311 g/mol. The Bertz CT molecular complexity index is 683. The monoisotopic (exact) mass is 311 g/mol. The van der Waals surface area contributed by atoms with Crippen LogP contribution in [0.25, 0.3) is 0 Å². The molecule has 3 N–H and O–H groups in total. The van der Waals surface area contributed by atoms with Gasteiger partial charge in [-0.25, -0.2) is 13.2 Å². The van der Waals surface area contributed by atoms with Gasteiger partial charge in [-0.15, -0.1) is 0 Å². The fourth-order valence-electron chi connectivity index (χ4n) is 2.23. The molecule has 21 heavy (non-hydrogen) atoms. The number of amides is 2. The summed E-state index contributed by atoms with van der Waals surface area (Å²) in [5, 5.41) is 2.77. The van der Waals surface area contributed by atoms with Crippen LogP contribution in [0.15, 0.2) is 18.2 Å². The molecule has 1 aliphatic heterocycles. The van der Waals surface area contributed by atoms with E-state index >= 15 is 0 Å². The molecule has 0 saturated heterocycles. The third kappa shape index (κ3) is 2.75. The van der Waals surface area contributed by atoms with Gasteiger partial charge in [-0.3, -0.25) is 0 Å². The summed E-state index contributed by atoms with van der Waals surface area (Å²) in [5.41, 5.74) is 8.59. The van der Waals surface area contributed by atoms with Crippen LogP contribution in [0.5, 0.6) is 0 Å². The molecule has 0 saturated carbocycles. The molecule has 0 fully saturated rings. The molecule has 1 unspecified atom stereocenters. The predicted octanol–water partition coefficient (Wildman–Crippen LogP) is 1.49. The van der Waals surface area contributed by atoms with Gasteiger partial charge in [-0.05, 0) is 31.0 Å². The van der Waals surface area contributed by atoms with Crippen LogP contribution in [-0.4, -0.2) is 37.4 Å². The first kappa shape index (κ1) is 15.8. The molecular formula is C14H21N3O3S. The van der Waals surface area contributed by atoms with Crippen molar-refractivity contribution in [1.29, 1.82) is 0 Å². The van der Waals surface area contributed by atoms with Crippen LogP contribution in [0.3, 0.4) is 0 Å². The molecule has 2 rings (SSSR count). The summed E-state index contributed by atoms with van der Waals surface area (Å²) < 4.78 is 22.7. The first-order chi connectivity index (χ1) is 9.54. The van der Waals surface area contributed by atoms with Crippen molar-refractivity contribution in [2.45, 2.75) is 31.2 Å². The molecule has 6 nitrogen and oxygen atoms in total. The summed E-state index contributed by atoms with van der Waals surface area (Å²) in [4.78, 5) is 13.1. The highest BCUT2D eigenvalue weighted by atomic mass is 32.2. The van der Waals surface area contributed by atoms with Crippen molar-refractivity contribution in [3.05, 3.63) is 29.3 Å². The fraction of sp³-hybridized carbons (Fsp3) is 0.500. The number of rotatable bonds is 3. The maximum atomic E-state index is 11.9. The lowest BCUT2D eigenvalue weighted by Gasteiger charge is -2.32. The van der Waals surface area contributed by atoms with Crippen LogP contribution in [0.1, 0.15) is 31.0 Å². The molecule has 116 valence electrons. The molecule has 1 aromatic carbocycles. The van der Waals surface area contributed by atoms with Crippen molar-refractivity contribution in [2.75, 3.05) is 18.6 Å². The van der Waals surface area contributed by atoms with Gasteiger partial charge in [-0.1, -0.05) is 12.1 Å². The highest BCUT2D eigenvalue weighted by Crippen LogP contribution is 2.33. The second kappa shape index (κ2) is 4.99. The summed E-state index contributed by atoms with van der Waals surface area (Å²) >= 11 is 0. The Morgan fingerprint density at radius 2 is 2.00 bits per heavy atom. The first-order valence-corrected chi connectivity index (χ1v) is 8.53. The van der Waals surface area contributed by atoms with E-state index in [1.807, 2.05) is 6.07 Å². The largest absolute Gasteiger partial charge is 0.323 e. The number of benzene rings is 1. The number of hydrogen-bond acceptors (Lipinski definition) is 4. The van der Waals surface area contributed by atoms with Crippen molar-refractivity contribution in [2.24, 2.45) is 5.73 Å². The van der Waals surface area contributed by atoms with Gasteiger partial charge >= 0.3 is 6.03 Å². The first-order valence-electron chi connectivity index (χ1n) is 6.64. The number of carbonyl (C=O) groups excluding carboxylic acids is 1. The van der Waals surface area contributed by atoms with Crippen LogP contribution in [0.2, 0.25) is 0 Å². The Morgan fingerprint density at radius 3 is 2.57 bits per heavy atom. The number of carbonyl (C=O) groups is 1. The van der Waals surface area contributed by atoms with Crippen LogP contribution < -0.4 is 11.1 Å². The van der Waals surface area contributed by atoms with E-state index in [9.17, 15) is 13.2 Å². The van der Waals surface area contributed by atoms with Crippen molar-refractivity contribution < 1.29 is 13.2 Å². The van der Waals surface area contributed by atoms with Gasteiger partial charge < -0.3 is 16.0 Å². The number of nitrogens with two attached hydrogens (primary N) is 1. The maximum Gasteiger partial charge on any atom is 0.321 e. The molecular weight excluding hydrogens is 290 g/mol. The zero-order valence-corrected chi connectivity index (χ0v) is 13.5. The molecule has 0 radical (unpaired) electrons. The van der Waals surface area contributed by atoms with Crippen molar-refractivity contribution >= 4 is 21.6 Å². The van der Waals surface area contributed by atoms with E-state index in [0.717, 1.165) is 16.8 Å². The third-order valence-electron chi connectivity index (χ3n) is 4.19. The van der Waals surface area contributed by atoms with Crippen molar-refractivity contribution in [3.8, 4) is 0 Å². The van der Waals surface area contributed by atoms with Crippen LogP contribution in [0, 0.1) is 0 Å². The lowest BCUT2D eigenvalue weighted by atomic mass is 9.93. The van der Waals surface area contributed by atoms with E-state index in [-0.39, 0.29) is 6.03 Å². The van der Waals surface area contributed by atoms with E-state index in [0.29, 0.717) is 6.54 Å². The normalized spacial score (nSPS) is 17.2. The number of nitrogens with zero attached hydrogens (tertiary/aromatic N) is 1. The standard InChI is InChI=1S/C14H21N3O3S/c1-14(2,21(4,19)20)12(15)9-5-6-11-10(7-9)8-17(3)13(18)16-11/h5-7,12H,8,15H2,1-4H3,(H,16,18). The SMILES string of the molecule is CN1Cc2cc(C(N)C(C)(C)S(C)(=O)=O)ccc2NC1=O. The quantitative estimate of drug-likeness (QED) is 0.884. The Balaban J connectivity index is 2.39. The Labute approximate surface area is 125 Å². The molecule has 1 heterocycles. The predicted molar refractivity (Wildman–Crippen MR) is 82.8 cm³/mol. The molecule has 1 aromatic rings.